The lowest BCUT2D eigenvalue weighted by Crippen LogP contribution is -2.30. The summed E-state index contributed by atoms with van der Waals surface area (Å²) < 4.78 is 31.6. The number of aromatic nitrogens is 3. The molecule has 0 fully saturated rings. The number of benzene rings is 2. The largest absolute Gasteiger partial charge is 0.507 e. The first kappa shape index (κ1) is 23.3. The summed E-state index contributed by atoms with van der Waals surface area (Å²) in [6.07, 6.45) is 3.50. The van der Waals surface area contributed by atoms with Gasteiger partial charge in [0.1, 0.15) is 17.4 Å². The van der Waals surface area contributed by atoms with Crippen molar-refractivity contribution in [2.45, 2.75) is 0 Å². The van der Waals surface area contributed by atoms with Crippen molar-refractivity contribution in [3.05, 3.63) is 71.4 Å². The number of nitrogens with one attached hydrogen (secondary N) is 1. The van der Waals surface area contributed by atoms with Crippen LogP contribution in [0.1, 0.15) is 5.69 Å². The predicted octanol–water partition coefficient (Wildman–Crippen LogP) is 4.84. The number of hydrogen-bond donors (Lipinski definition) is 3. The number of nitrogens with two attached hydrogens (primary N) is 1. The normalized spacial score (nSPS) is 14.5. The van der Waals surface area contributed by atoms with Crippen molar-refractivity contribution in [1.82, 2.24) is 20.1 Å². The topological polar surface area (TPSA) is 101 Å². The maximum atomic E-state index is 15.2. The molecule has 0 amide bonds. The Hall–Kier alpha value is -4.15. The number of pyridine rings is 1. The first-order valence-corrected chi connectivity index (χ1v) is 12.5. The molecule has 3 aromatic heterocycles. The molecule has 0 aliphatic carbocycles. The fourth-order valence-corrected chi connectivity index (χ4v) is 5.65. The molecule has 4 N–H and O–H groups in total. The predicted molar refractivity (Wildman–Crippen MR) is 144 cm³/mol. The van der Waals surface area contributed by atoms with E-state index in [0.29, 0.717) is 29.0 Å². The number of aryl methyl sites for hydroxylation is 1. The lowest BCUT2D eigenvalue weighted by Gasteiger charge is -2.17. The molecule has 7 nitrogen and oxygen atoms in total. The van der Waals surface area contributed by atoms with Crippen LogP contribution in [0.5, 0.6) is 5.75 Å². The van der Waals surface area contributed by atoms with Crippen LogP contribution >= 0.6 is 11.3 Å². The van der Waals surface area contributed by atoms with E-state index in [2.05, 4.69) is 15.4 Å². The minimum atomic E-state index is -0.899. The highest BCUT2D eigenvalue weighted by molar-refractivity contribution is 7.17. The molecule has 0 atom stereocenters. The van der Waals surface area contributed by atoms with Gasteiger partial charge in [-0.3, -0.25) is 9.67 Å². The molecule has 0 spiro atoms. The summed E-state index contributed by atoms with van der Waals surface area (Å²) in [6, 6.07) is 9.46. The Balaban J connectivity index is 1.66. The average Bonchev–Trinajstić information content (AvgIpc) is 3.51. The molecule has 6 rings (SSSR count). The van der Waals surface area contributed by atoms with E-state index in [9.17, 15) is 9.50 Å². The quantitative estimate of drug-likeness (QED) is 0.317. The Morgan fingerprint density at radius 1 is 1.19 bits per heavy atom. The molecule has 1 aliphatic rings. The van der Waals surface area contributed by atoms with Crippen LogP contribution in [-0.4, -0.2) is 45.2 Å². The van der Waals surface area contributed by atoms with E-state index in [4.69, 9.17) is 10.7 Å². The number of hydrogen-bond acceptors (Lipinski definition) is 7. The van der Waals surface area contributed by atoms with Crippen molar-refractivity contribution in [1.29, 1.82) is 0 Å². The average molecular weight is 517 g/mol. The summed E-state index contributed by atoms with van der Waals surface area (Å²) in [6.45, 7) is 1.93. The van der Waals surface area contributed by atoms with Gasteiger partial charge in [0.2, 0.25) is 0 Å². The van der Waals surface area contributed by atoms with Crippen molar-refractivity contribution in [2.75, 3.05) is 19.6 Å². The zero-order valence-corrected chi connectivity index (χ0v) is 20.6. The fourth-order valence-electron chi connectivity index (χ4n) is 4.70. The van der Waals surface area contributed by atoms with Crippen molar-refractivity contribution in [3.8, 4) is 28.1 Å². The molecule has 0 saturated heterocycles. The number of phenolic OH excluding ortho intramolecular Hbond substituents is 1. The van der Waals surface area contributed by atoms with Crippen LogP contribution in [0.25, 0.3) is 49.1 Å². The van der Waals surface area contributed by atoms with Crippen LogP contribution in [0.3, 0.4) is 0 Å². The Morgan fingerprint density at radius 2 is 2.05 bits per heavy atom. The molecule has 0 unspecified atom stereocenters. The van der Waals surface area contributed by atoms with Gasteiger partial charge in [-0.05, 0) is 29.7 Å². The summed E-state index contributed by atoms with van der Waals surface area (Å²) in [4.78, 5) is 9.45. The molecule has 0 radical (unpaired) electrons. The zero-order chi connectivity index (χ0) is 25.7. The number of rotatable bonds is 4. The summed E-state index contributed by atoms with van der Waals surface area (Å²) in [5, 5.41) is 21.8. The highest BCUT2D eigenvalue weighted by Crippen LogP contribution is 2.45. The van der Waals surface area contributed by atoms with E-state index in [0.717, 1.165) is 46.2 Å². The van der Waals surface area contributed by atoms with Gasteiger partial charge in [-0.2, -0.15) is 5.10 Å². The van der Waals surface area contributed by atoms with Gasteiger partial charge in [-0.15, -0.1) is 11.3 Å². The van der Waals surface area contributed by atoms with Crippen molar-refractivity contribution in [2.24, 2.45) is 17.8 Å². The second kappa shape index (κ2) is 9.06. The van der Waals surface area contributed by atoms with Gasteiger partial charge < -0.3 is 16.2 Å². The number of phenols is 1. The molecule has 0 bridgehead atoms. The van der Waals surface area contributed by atoms with Crippen molar-refractivity contribution in [3.63, 3.8) is 0 Å². The minimum absolute atomic E-state index is 0.148. The molecule has 2 aromatic carbocycles. The molecular formula is C27H22F2N6OS. The third-order valence-electron chi connectivity index (χ3n) is 6.42. The minimum Gasteiger partial charge on any atom is -0.507 e. The highest BCUT2D eigenvalue weighted by Gasteiger charge is 2.25. The number of halogens is 2. The van der Waals surface area contributed by atoms with Crippen LogP contribution in [0.15, 0.2) is 59.0 Å². The van der Waals surface area contributed by atoms with Gasteiger partial charge in [-0.25, -0.2) is 13.8 Å². The van der Waals surface area contributed by atoms with E-state index in [1.54, 1.807) is 17.0 Å². The van der Waals surface area contributed by atoms with E-state index >= 15 is 4.39 Å². The molecule has 5 aromatic rings. The summed E-state index contributed by atoms with van der Waals surface area (Å²) in [5.41, 5.74) is 10.5. The molecule has 10 heteroatoms. The van der Waals surface area contributed by atoms with Gasteiger partial charge in [0, 0.05) is 58.9 Å². The van der Waals surface area contributed by atoms with Crippen LogP contribution < -0.4 is 11.1 Å². The van der Waals surface area contributed by atoms with Crippen LogP contribution in [-0.2, 0) is 7.05 Å². The van der Waals surface area contributed by atoms with Crippen LogP contribution in [0.2, 0.25) is 0 Å². The Kier molecular flexibility index (Phi) is 5.69. The Bertz CT molecular complexity index is 1730. The summed E-state index contributed by atoms with van der Waals surface area (Å²) in [7, 11) is 1.88. The standard InChI is InChI=1S/C27H22F2N6OS/c1-35-21-3-2-14(8-15(21)12-33-35)25-18-4-7-37-27(18)24(23-19(29)9-16(28)10-22(23)36)26(34-25)20(30)11-17-13-31-5-6-32-17/h2-4,7-12,31,36H,5-6,13,30H2,1H3/b20-11-. The van der Waals surface area contributed by atoms with Crippen molar-refractivity contribution >= 4 is 43.7 Å². The number of thiophene rings is 1. The molecule has 186 valence electrons. The third kappa shape index (κ3) is 4.04. The van der Waals surface area contributed by atoms with Gasteiger partial charge in [0.25, 0.3) is 0 Å². The van der Waals surface area contributed by atoms with E-state index in [1.165, 1.54) is 11.3 Å². The van der Waals surface area contributed by atoms with Gasteiger partial charge in [0.05, 0.1) is 46.6 Å². The van der Waals surface area contributed by atoms with E-state index in [-0.39, 0.29) is 17.0 Å². The highest BCUT2D eigenvalue weighted by atomic mass is 32.1. The monoisotopic (exact) mass is 516 g/mol. The lowest BCUT2D eigenvalue weighted by atomic mass is 9.96. The maximum absolute atomic E-state index is 15.2. The maximum Gasteiger partial charge on any atom is 0.137 e. The van der Waals surface area contributed by atoms with Crippen LogP contribution in [0, 0.1) is 11.6 Å². The Labute approximate surface area is 214 Å². The molecule has 1 aliphatic heterocycles. The fraction of sp³-hybridized carbons (Fsp3) is 0.148. The second-order valence-electron chi connectivity index (χ2n) is 8.82. The smallest absolute Gasteiger partial charge is 0.137 e. The number of nitrogens with zero attached hydrogens (tertiary/aromatic N) is 4. The summed E-state index contributed by atoms with van der Waals surface area (Å²) >= 11 is 1.37. The second-order valence-corrected chi connectivity index (χ2v) is 9.74. The van der Waals surface area contributed by atoms with Gasteiger partial charge in [-0.1, -0.05) is 6.07 Å². The molecule has 0 saturated carbocycles. The van der Waals surface area contributed by atoms with Gasteiger partial charge >= 0.3 is 0 Å². The molecule has 37 heavy (non-hydrogen) atoms. The number of aromatic hydroxyl groups is 1. The van der Waals surface area contributed by atoms with Gasteiger partial charge in [0.15, 0.2) is 0 Å². The molecule has 4 heterocycles. The molecular weight excluding hydrogens is 494 g/mol. The zero-order valence-electron chi connectivity index (χ0n) is 19.8. The van der Waals surface area contributed by atoms with E-state index < -0.39 is 17.4 Å². The number of aliphatic imine (C=N–C) groups is 1. The SMILES string of the molecule is Cn1ncc2cc(-c3nc(/C(N)=C/C4=NCCNC4)c(-c4c(O)cc(F)cc4F)c4sccc34)ccc21. The first-order chi connectivity index (χ1) is 17.9. The van der Waals surface area contributed by atoms with Crippen molar-refractivity contribution < 1.29 is 13.9 Å². The van der Waals surface area contributed by atoms with Crippen LogP contribution in [0.4, 0.5) is 8.78 Å². The third-order valence-corrected chi connectivity index (χ3v) is 7.35. The summed E-state index contributed by atoms with van der Waals surface area (Å²) in [5.74, 6) is -2.29. The lowest BCUT2D eigenvalue weighted by molar-refractivity contribution is 0.463. The first-order valence-electron chi connectivity index (χ1n) is 11.6. The Morgan fingerprint density at radius 3 is 2.84 bits per heavy atom. The number of fused-ring (bicyclic) bond motifs is 2. The van der Waals surface area contributed by atoms with E-state index in [1.807, 2.05) is 36.7 Å².